The van der Waals surface area contributed by atoms with E-state index in [0.29, 0.717) is 13.2 Å². The Kier molecular flexibility index (Phi) is 8.52. The van der Waals surface area contributed by atoms with Crippen LogP contribution in [-0.4, -0.2) is 49.2 Å². The lowest BCUT2D eigenvalue weighted by Crippen LogP contribution is -2.44. The summed E-state index contributed by atoms with van der Waals surface area (Å²) in [4.78, 5) is 33.7. The van der Waals surface area contributed by atoms with E-state index >= 15 is 0 Å². The number of amides is 2. The Morgan fingerprint density at radius 3 is 2.21 bits per heavy atom. The van der Waals surface area contributed by atoms with E-state index in [0.717, 1.165) is 0 Å². The van der Waals surface area contributed by atoms with Crippen molar-refractivity contribution in [2.45, 2.75) is 32.7 Å². The number of carboxylic acids is 1. The highest BCUT2D eigenvalue weighted by atomic mass is 16.5. The zero-order valence-corrected chi connectivity index (χ0v) is 11.6. The number of hydrogen-bond acceptors (Lipinski definition) is 4. The maximum Gasteiger partial charge on any atom is 0.326 e. The summed E-state index contributed by atoms with van der Waals surface area (Å²) in [5.74, 6) is -1.99. The van der Waals surface area contributed by atoms with E-state index in [9.17, 15) is 14.4 Å². The van der Waals surface area contributed by atoms with Gasteiger partial charge in [-0.2, -0.15) is 0 Å². The third kappa shape index (κ3) is 8.15. The second-order valence-corrected chi connectivity index (χ2v) is 4.47. The second kappa shape index (κ2) is 9.32. The van der Waals surface area contributed by atoms with Crippen LogP contribution in [0.4, 0.5) is 0 Å². The Hall–Kier alpha value is -1.63. The van der Waals surface area contributed by atoms with Gasteiger partial charge in [-0.15, -0.1) is 0 Å². The molecule has 0 spiro atoms. The molecular formula is C12H22N2O5. The van der Waals surface area contributed by atoms with Gasteiger partial charge in [-0.3, -0.25) is 9.59 Å². The fourth-order valence-electron chi connectivity index (χ4n) is 1.37. The highest BCUT2D eigenvalue weighted by Gasteiger charge is 2.23. The van der Waals surface area contributed by atoms with E-state index in [-0.39, 0.29) is 24.7 Å². The number of carbonyl (C=O) groups excluding carboxylic acids is 2. The van der Waals surface area contributed by atoms with E-state index in [1.54, 1.807) is 13.8 Å². The molecule has 1 atom stereocenters. The zero-order valence-electron chi connectivity index (χ0n) is 11.6. The second-order valence-electron chi connectivity index (χ2n) is 4.47. The van der Waals surface area contributed by atoms with E-state index in [1.807, 2.05) is 0 Å². The summed E-state index contributed by atoms with van der Waals surface area (Å²) in [5.41, 5.74) is 0. The minimum Gasteiger partial charge on any atom is -0.480 e. The van der Waals surface area contributed by atoms with Crippen molar-refractivity contribution in [2.24, 2.45) is 5.92 Å². The average Bonchev–Trinajstić information content (AvgIpc) is 2.33. The molecule has 0 aliphatic heterocycles. The molecule has 110 valence electrons. The Bertz CT molecular complexity index is 317. The first kappa shape index (κ1) is 17.4. The topological polar surface area (TPSA) is 105 Å². The van der Waals surface area contributed by atoms with Gasteiger partial charge >= 0.3 is 5.97 Å². The molecule has 19 heavy (non-hydrogen) atoms. The third-order valence-electron chi connectivity index (χ3n) is 2.46. The van der Waals surface area contributed by atoms with Crippen LogP contribution in [0, 0.1) is 5.92 Å². The molecule has 0 aromatic carbocycles. The number of aliphatic carboxylic acids is 1. The van der Waals surface area contributed by atoms with Crippen LogP contribution in [0.25, 0.3) is 0 Å². The molecule has 3 N–H and O–H groups in total. The van der Waals surface area contributed by atoms with Gasteiger partial charge in [-0.25, -0.2) is 4.79 Å². The summed E-state index contributed by atoms with van der Waals surface area (Å²) in [6.07, 6.45) is -0.00467. The molecule has 0 aromatic rings. The summed E-state index contributed by atoms with van der Waals surface area (Å²) in [6.45, 7) is 4.21. The van der Waals surface area contributed by atoms with Crippen LogP contribution in [0.2, 0.25) is 0 Å². The Labute approximate surface area is 112 Å². The van der Waals surface area contributed by atoms with Crippen LogP contribution in [0.5, 0.6) is 0 Å². The third-order valence-corrected chi connectivity index (χ3v) is 2.46. The van der Waals surface area contributed by atoms with E-state index < -0.39 is 17.9 Å². The Morgan fingerprint density at radius 1 is 1.16 bits per heavy atom. The molecule has 0 aliphatic carbocycles. The predicted molar refractivity (Wildman–Crippen MR) is 68.5 cm³/mol. The number of carboxylic acid groups (broad SMARTS) is 1. The van der Waals surface area contributed by atoms with Crippen LogP contribution in [0.3, 0.4) is 0 Å². The molecule has 0 radical (unpaired) electrons. The quantitative estimate of drug-likeness (QED) is 0.503. The summed E-state index contributed by atoms with van der Waals surface area (Å²) < 4.78 is 4.76. The molecule has 0 heterocycles. The fraction of sp³-hybridized carbons (Fsp3) is 0.750. The predicted octanol–water partition coefficient (Wildman–Crippen LogP) is -0.245. The molecule has 1 unspecified atom stereocenters. The summed E-state index contributed by atoms with van der Waals surface area (Å²) in [7, 11) is 1.53. The summed E-state index contributed by atoms with van der Waals surface area (Å²) >= 11 is 0. The van der Waals surface area contributed by atoms with Gasteiger partial charge in [0, 0.05) is 26.5 Å². The molecule has 7 heteroatoms. The van der Waals surface area contributed by atoms with Gasteiger partial charge in [0.15, 0.2) is 0 Å². The van der Waals surface area contributed by atoms with Crippen LogP contribution in [0.15, 0.2) is 0 Å². The first-order valence-corrected chi connectivity index (χ1v) is 6.16. The number of nitrogens with one attached hydrogen (secondary N) is 2. The van der Waals surface area contributed by atoms with Crippen molar-refractivity contribution in [3.8, 4) is 0 Å². The monoisotopic (exact) mass is 274 g/mol. The lowest BCUT2D eigenvalue weighted by Gasteiger charge is -2.17. The van der Waals surface area contributed by atoms with E-state index in [1.165, 1.54) is 7.11 Å². The van der Waals surface area contributed by atoms with Gasteiger partial charge < -0.3 is 20.5 Å². The van der Waals surface area contributed by atoms with Crippen LogP contribution >= 0.6 is 0 Å². The molecule has 0 fully saturated rings. The molecule has 0 rings (SSSR count). The van der Waals surface area contributed by atoms with E-state index in [2.05, 4.69) is 10.6 Å². The summed E-state index contributed by atoms with van der Waals surface area (Å²) in [6, 6.07) is -0.927. The maximum atomic E-state index is 11.5. The smallest absolute Gasteiger partial charge is 0.326 e. The number of carbonyl (C=O) groups is 3. The molecule has 0 saturated carbocycles. The first-order chi connectivity index (χ1) is 8.88. The molecule has 0 aromatic heterocycles. The zero-order chi connectivity index (χ0) is 14.8. The largest absolute Gasteiger partial charge is 0.480 e. The normalized spacial score (nSPS) is 12.0. The van der Waals surface area contributed by atoms with Crippen LogP contribution < -0.4 is 10.6 Å². The number of rotatable bonds is 9. The highest BCUT2D eigenvalue weighted by molar-refractivity contribution is 5.86. The lowest BCUT2D eigenvalue weighted by molar-refractivity contribution is -0.143. The number of methoxy groups -OCH3 is 1. The van der Waals surface area contributed by atoms with Crippen molar-refractivity contribution in [3.05, 3.63) is 0 Å². The lowest BCUT2D eigenvalue weighted by atomic mass is 10.0. The van der Waals surface area contributed by atoms with Gasteiger partial charge in [0.1, 0.15) is 6.04 Å². The first-order valence-electron chi connectivity index (χ1n) is 6.16. The highest BCUT2D eigenvalue weighted by Crippen LogP contribution is 2.02. The number of hydrogen-bond donors (Lipinski definition) is 3. The van der Waals surface area contributed by atoms with Crippen LogP contribution in [-0.2, 0) is 19.1 Å². The van der Waals surface area contributed by atoms with Gasteiger partial charge in [-0.05, 0) is 5.92 Å². The van der Waals surface area contributed by atoms with Gasteiger partial charge in [0.2, 0.25) is 11.8 Å². The van der Waals surface area contributed by atoms with Gasteiger partial charge in [0.05, 0.1) is 6.61 Å². The minimum atomic E-state index is -1.08. The van der Waals surface area contributed by atoms with Crippen molar-refractivity contribution in [2.75, 3.05) is 20.3 Å². The van der Waals surface area contributed by atoms with Crippen molar-refractivity contribution in [3.63, 3.8) is 0 Å². The van der Waals surface area contributed by atoms with Crippen molar-refractivity contribution in [1.82, 2.24) is 10.6 Å². The number of ether oxygens (including phenoxy) is 1. The molecular weight excluding hydrogens is 252 g/mol. The molecule has 2 amide bonds. The minimum absolute atomic E-state index is 0.0278. The SMILES string of the molecule is COCCNC(=O)CCC(=O)NC(C(=O)O)C(C)C. The Morgan fingerprint density at radius 2 is 1.74 bits per heavy atom. The summed E-state index contributed by atoms with van der Waals surface area (Å²) in [5, 5.41) is 13.9. The van der Waals surface area contributed by atoms with Crippen molar-refractivity contribution < 1.29 is 24.2 Å². The standard InChI is InChI=1S/C12H22N2O5/c1-8(2)11(12(17)18)14-10(16)5-4-9(15)13-6-7-19-3/h8,11H,4-7H2,1-3H3,(H,13,15)(H,14,16)(H,17,18). The fourth-order valence-corrected chi connectivity index (χ4v) is 1.37. The van der Waals surface area contributed by atoms with Crippen LogP contribution in [0.1, 0.15) is 26.7 Å². The van der Waals surface area contributed by atoms with Gasteiger partial charge in [-0.1, -0.05) is 13.8 Å². The van der Waals surface area contributed by atoms with Crippen molar-refractivity contribution >= 4 is 17.8 Å². The molecule has 7 nitrogen and oxygen atoms in total. The molecule has 0 saturated heterocycles. The molecule has 0 aliphatic rings. The average molecular weight is 274 g/mol. The maximum absolute atomic E-state index is 11.5. The van der Waals surface area contributed by atoms with E-state index in [4.69, 9.17) is 9.84 Å². The van der Waals surface area contributed by atoms with Crippen molar-refractivity contribution in [1.29, 1.82) is 0 Å². The van der Waals surface area contributed by atoms with Gasteiger partial charge in [0.25, 0.3) is 0 Å². The molecule has 0 bridgehead atoms. The Balaban J connectivity index is 3.97.